The van der Waals surface area contributed by atoms with Crippen LogP contribution in [0.2, 0.25) is 0 Å². The first-order valence-electron chi connectivity index (χ1n) is 11.4. The molecule has 3 heterocycles. The van der Waals surface area contributed by atoms with Crippen molar-refractivity contribution in [3.05, 3.63) is 29.8 Å². The van der Waals surface area contributed by atoms with Gasteiger partial charge in [-0.15, -0.1) is 0 Å². The number of hydrogen-bond acceptors (Lipinski definition) is 5. The molecule has 1 atom stereocenters. The normalized spacial score (nSPS) is 25.2. The van der Waals surface area contributed by atoms with Crippen LogP contribution in [0.4, 0.5) is 0 Å². The van der Waals surface area contributed by atoms with Crippen LogP contribution in [0.5, 0.6) is 5.75 Å². The highest BCUT2D eigenvalue weighted by atomic mass is 16.5. The average Bonchev–Trinajstić information content (AvgIpc) is 3.42. The summed E-state index contributed by atoms with van der Waals surface area (Å²) in [6.07, 6.45) is 2.36. The molecule has 0 amide bonds. The Morgan fingerprint density at radius 3 is 2.80 bits per heavy atom. The lowest BCUT2D eigenvalue weighted by Gasteiger charge is -2.26. The summed E-state index contributed by atoms with van der Waals surface area (Å²) >= 11 is 0. The summed E-state index contributed by atoms with van der Waals surface area (Å²) < 4.78 is 17.2. The Morgan fingerprint density at radius 2 is 2.00 bits per heavy atom. The molecule has 4 rings (SSSR count). The Kier molecular flexibility index (Phi) is 7.47. The van der Waals surface area contributed by atoms with E-state index >= 15 is 0 Å². The molecular formula is C23H36N4O3. The lowest BCUT2D eigenvalue weighted by Crippen LogP contribution is -2.41. The van der Waals surface area contributed by atoms with Gasteiger partial charge in [0.05, 0.1) is 26.4 Å². The standard InChI is InChI=1S/C23H36N4O3/c1-2-24-22(27-9-7-23(18-27)8-13-29-19-23)25-17-20-5-3-4-6-21(20)30-16-12-26-10-14-28-15-11-26/h3-6H,2,7-19H2,1H3,(H,24,25). The zero-order valence-corrected chi connectivity index (χ0v) is 18.3. The van der Waals surface area contributed by atoms with E-state index in [1.165, 1.54) is 12.8 Å². The summed E-state index contributed by atoms with van der Waals surface area (Å²) in [6, 6.07) is 8.27. The van der Waals surface area contributed by atoms with E-state index in [1.807, 2.05) is 6.07 Å². The highest BCUT2D eigenvalue weighted by Crippen LogP contribution is 2.38. The molecule has 0 saturated carbocycles. The summed E-state index contributed by atoms with van der Waals surface area (Å²) in [4.78, 5) is 9.76. The van der Waals surface area contributed by atoms with Gasteiger partial charge in [-0.1, -0.05) is 18.2 Å². The van der Waals surface area contributed by atoms with Gasteiger partial charge < -0.3 is 24.4 Å². The molecule has 3 saturated heterocycles. The Labute approximate surface area is 180 Å². The van der Waals surface area contributed by atoms with Crippen molar-refractivity contribution in [1.29, 1.82) is 0 Å². The van der Waals surface area contributed by atoms with Crippen molar-refractivity contribution in [3.63, 3.8) is 0 Å². The summed E-state index contributed by atoms with van der Waals surface area (Å²) in [5.41, 5.74) is 1.46. The third kappa shape index (κ3) is 5.45. The Morgan fingerprint density at radius 1 is 1.13 bits per heavy atom. The number of ether oxygens (including phenoxy) is 3. The number of rotatable bonds is 7. The van der Waals surface area contributed by atoms with Gasteiger partial charge in [-0.3, -0.25) is 4.90 Å². The lowest BCUT2D eigenvalue weighted by molar-refractivity contribution is 0.0322. The van der Waals surface area contributed by atoms with Crippen LogP contribution in [-0.4, -0.2) is 88.1 Å². The van der Waals surface area contributed by atoms with E-state index in [0.717, 1.165) is 83.0 Å². The molecule has 0 aliphatic carbocycles. The van der Waals surface area contributed by atoms with Gasteiger partial charge in [-0.25, -0.2) is 4.99 Å². The Bertz CT molecular complexity index is 699. The van der Waals surface area contributed by atoms with Crippen molar-refractivity contribution in [2.75, 3.05) is 72.3 Å². The zero-order chi connectivity index (χ0) is 20.7. The maximum atomic E-state index is 6.13. The minimum atomic E-state index is 0.330. The SMILES string of the molecule is CCNC(=NCc1ccccc1OCCN1CCOCC1)N1CCC2(CCOC2)C1. The fraction of sp³-hybridized carbons (Fsp3) is 0.696. The molecule has 1 aromatic rings. The molecule has 3 aliphatic rings. The number of morpholine rings is 1. The second-order valence-corrected chi connectivity index (χ2v) is 8.55. The van der Waals surface area contributed by atoms with Crippen molar-refractivity contribution in [1.82, 2.24) is 15.1 Å². The molecule has 7 heteroatoms. The van der Waals surface area contributed by atoms with Crippen LogP contribution in [0.25, 0.3) is 0 Å². The molecule has 0 aromatic heterocycles. The molecule has 3 aliphatic heterocycles. The molecule has 0 radical (unpaired) electrons. The average molecular weight is 417 g/mol. The number of aliphatic imine (C=N–C) groups is 1. The summed E-state index contributed by atoms with van der Waals surface area (Å²) in [6.45, 7) is 12.7. The van der Waals surface area contributed by atoms with E-state index in [2.05, 4.69) is 40.2 Å². The quantitative estimate of drug-likeness (QED) is 0.542. The first-order valence-corrected chi connectivity index (χ1v) is 11.4. The maximum Gasteiger partial charge on any atom is 0.194 e. The highest BCUT2D eigenvalue weighted by molar-refractivity contribution is 5.80. The molecule has 1 spiro atoms. The summed E-state index contributed by atoms with van der Waals surface area (Å²) in [5, 5.41) is 3.48. The number of nitrogens with one attached hydrogen (secondary N) is 1. The predicted octanol–water partition coefficient (Wildman–Crippen LogP) is 1.98. The largest absolute Gasteiger partial charge is 0.492 e. The van der Waals surface area contributed by atoms with E-state index < -0.39 is 0 Å². The second kappa shape index (κ2) is 10.5. The zero-order valence-electron chi connectivity index (χ0n) is 18.3. The minimum Gasteiger partial charge on any atom is -0.492 e. The van der Waals surface area contributed by atoms with E-state index in [0.29, 0.717) is 18.6 Å². The Hall–Kier alpha value is -1.83. The van der Waals surface area contributed by atoms with Crippen LogP contribution in [0.15, 0.2) is 29.3 Å². The van der Waals surface area contributed by atoms with Crippen LogP contribution in [0.1, 0.15) is 25.3 Å². The molecule has 1 N–H and O–H groups in total. The molecule has 1 aromatic carbocycles. The van der Waals surface area contributed by atoms with E-state index in [1.54, 1.807) is 0 Å². The van der Waals surface area contributed by atoms with Crippen molar-refractivity contribution in [2.24, 2.45) is 10.4 Å². The first kappa shape index (κ1) is 21.4. The van der Waals surface area contributed by atoms with Gasteiger partial charge in [0.25, 0.3) is 0 Å². The van der Waals surface area contributed by atoms with Crippen molar-refractivity contribution in [3.8, 4) is 5.75 Å². The Balaban J connectivity index is 1.35. The van der Waals surface area contributed by atoms with Gasteiger partial charge in [-0.2, -0.15) is 0 Å². The molecule has 166 valence electrons. The van der Waals surface area contributed by atoms with Crippen LogP contribution < -0.4 is 10.1 Å². The third-order valence-corrected chi connectivity index (χ3v) is 6.40. The van der Waals surface area contributed by atoms with E-state index in [4.69, 9.17) is 19.2 Å². The topological polar surface area (TPSA) is 58.6 Å². The second-order valence-electron chi connectivity index (χ2n) is 8.55. The van der Waals surface area contributed by atoms with Crippen LogP contribution in [-0.2, 0) is 16.0 Å². The van der Waals surface area contributed by atoms with Crippen molar-refractivity contribution < 1.29 is 14.2 Å². The fourth-order valence-electron chi connectivity index (χ4n) is 4.56. The molecule has 7 nitrogen and oxygen atoms in total. The van der Waals surface area contributed by atoms with Gasteiger partial charge in [0.15, 0.2) is 5.96 Å². The molecule has 3 fully saturated rings. The number of likely N-dealkylation sites (tertiary alicyclic amines) is 1. The van der Waals surface area contributed by atoms with Gasteiger partial charge in [0.2, 0.25) is 0 Å². The minimum absolute atomic E-state index is 0.330. The van der Waals surface area contributed by atoms with Gasteiger partial charge in [-0.05, 0) is 25.8 Å². The first-order chi connectivity index (χ1) is 14.8. The number of guanidine groups is 1. The maximum absolute atomic E-state index is 6.13. The smallest absolute Gasteiger partial charge is 0.194 e. The number of hydrogen-bond donors (Lipinski definition) is 1. The number of para-hydroxylation sites is 1. The predicted molar refractivity (Wildman–Crippen MR) is 118 cm³/mol. The van der Waals surface area contributed by atoms with Crippen LogP contribution in [0, 0.1) is 5.41 Å². The van der Waals surface area contributed by atoms with Crippen LogP contribution in [0.3, 0.4) is 0 Å². The molecule has 1 unspecified atom stereocenters. The fourth-order valence-corrected chi connectivity index (χ4v) is 4.56. The van der Waals surface area contributed by atoms with Crippen LogP contribution >= 0.6 is 0 Å². The molecule has 0 bridgehead atoms. The number of benzene rings is 1. The van der Waals surface area contributed by atoms with Gasteiger partial charge in [0.1, 0.15) is 12.4 Å². The van der Waals surface area contributed by atoms with E-state index in [9.17, 15) is 0 Å². The monoisotopic (exact) mass is 416 g/mol. The molecule has 30 heavy (non-hydrogen) atoms. The van der Waals surface area contributed by atoms with Gasteiger partial charge in [0, 0.05) is 56.9 Å². The molecular weight excluding hydrogens is 380 g/mol. The van der Waals surface area contributed by atoms with Gasteiger partial charge >= 0.3 is 0 Å². The lowest BCUT2D eigenvalue weighted by atomic mass is 9.87. The summed E-state index contributed by atoms with van der Waals surface area (Å²) in [7, 11) is 0. The van der Waals surface area contributed by atoms with Crippen molar-refractivity contribution >= 4 is 5.96 Å². The highest BCUT2D eigenvalue weighted by Gasteiger charge is 2.42. The van der Waals surface area contributed by atoms with E-state index in [-0.39, 0.29) is 0 Å². The number of nitrogens with zero attached hydrogens (tertiary/aromatic N) is 3. The third-order valence-electron chi connectivity index (χ3n) is 6.40. The summed E-state index contributed by atoms with van der Waals surface area (Å²) in [5.74, 6) is 1.94. The van der Waals surface area contributed by atoms with Crippen molar-refractivity contribution in [2.45, 2.75) is 26.3 Å².